The van der Waals surface area contributed by atoms with E-state index >= 15 is 0 Å². The van der Waals surface area contributed by atoms with Crippen molar-refractivity contribution in [3.05, 3.63) is 24.4 Å². The first-order valence-corrected chi connectivity index (χ1v) is 5.48. The first-order valence-electron chi connectivity index (χ1n) is 2.81. The van der Waals surface area contributed by atoms with Gasteiger partial charge in [0.05, 0.1) is 5.56 Å². The van der Waals surface area contributed by atoms with Gasteiger partial charge in [-0.05, 0) is 54.5 Å². The number of pyridine rings is 1. The second-order valence-electron chi connectivity index (χ2n) is 1.93. The van der Waals surface area contributed by atoms with Crippen LogP contribution in [0.25, 0.3) is 0 Å². The van der Waals surface area contributed by atoms with Gasteiger partial charge >= 0.3 is 0 Å². The van der Waals surface area contributed by atoms with Gasteiger partial charge < -0.3 is 0 Å². The van der Waals surface area contributed by atoms with E-state index in [0.717, 1.165) is 0 Å². The number of alkyl halides is 2. The summed E-state index contributed by atoms with van der Waals surface area (Å²) in [5.41, 5.74) is -0.0955. The summed E-state index contributed by atoms with van der Waals surface area (Å²) < 4.78 is 26.0. The fraction of sp³-hybridized carbons (Fsp3) is 0.167. The molecular weight excluding hydrogens is 411 g/mol. The third-order valence-corrected chi connectivity index (χ3v) is 4.22. The molecular formula is C6H2Br2F2IN. The summed E-state index contributed by atoms with van der Waals surface area (Å²) >= 11 is 7.97. The molecule has 0 spiro atoms. The largest absolute Gasteiger partial charge is 0.267 e. The molecule has 0 aliphatic rings. The molecule has 0 N–H and O–H groups in total. The van der Waals surface area contributed by atoms with Gasteiger partial charge in [0.2, 0.25) is 0 Å². The lowest BCUT2D eigenvalue weighted by Gasteiger charge is -2.06. The molecule has 0 aliphatic heterocycles. The van der Waals surface area contributed by atoms with Crippen LogP contribution in [0.15, 0.2) is 15.3 Å². The molecule has 0 fully saturated rings. The highest BCUT2D eigenvalue weighted by Gasteiger charge is 2.18. The van der Waals surface area contributed by atoms with Crippen molar-refractivity contribution < 1.29 is 8.78 Å². The van der Waals surface area contributed by atoms with Gasteiger partial charge in [-0.2, -0.15) is 0 Å². The molecule has 1 rings (SSSR count). The Labute approximate surface area is 98.3 Å². The molecule has 0 saturated carbocycles. The molecule has 0 bridgehead atoms. The molecule has 1 nitrogen and oxygen atoms in total. The van der Waals surface area contributed by atoms with Crippen LogP contribution in [0.2, 0.25) is 0 Å². The summed E-state index contributed by atoms with van der Waals surface area (Å²) in [6, 6.07) is 0. The lowest BCUT2D eigenvalue weighted by Crippen LogP contribution is -1.93. The van der Waals surface area contributed by atoms with Gasteiger partial charge in [0.1, 0.15) is 4.60 Å². The molecule has 66 valence electrons. The van der Waals surface area contributed by atoms with Crippen molar-refractivity contribution in [2.75, 3.05) is 0 Å². The van der Waals surface area contributed by atoms with Gasteiger partial charge in [0, 0.05) is 14.2 Å². The van der Waals surface area contributed by atoms with Crippen LogP contribution in [0.4, 0.5) is 8.78 Å². The first kappa shape index (κ1) is 10.8. The van der Waals surface area contributed by atoms with Gasteiger partial charge in [-0.15, -0.1) is 0 Å². The minimum absolute atomic E-state index is 0.0955. The zero-order chi connectivity index (χ0) is 9.30. The average molecular weight is 413 g/mol. The highest BCUT2D eigenvalue weighted by Crippen LogP contribution is 2.34. The zero-order valence-corrected chi connectivity index (χ0v) is 10.8. The summed E-state index contributed by atoms with van der Waals surface area (Å²) in [7, 11) is 0. The SMILES string of the molecule is FC(F)c1c(Br)ncc(I)c1Br. The molecule has 1 aromatic rings. The van der Waals surface area contributed by atoms with Gasteiger partial charge in [0.25, 0.3) is 6.43 Å². The van der Waals surface area contributed by atoms with Gasteiger partial charge in [-0.3, -0.25) is 0 Å². The lowest BCUT2D eigenvalue weighted by atomic mass is 10.3. The van der Waals surface area contributed by atoms with Crippen molar-refractivity contribution in [2.45, 2.75) is 6.43 Å². The normalized spacial score (nSPS) is 10.8. The Hall–Kier alpha value is 0.700. The monoisotopic (exact) mass is 411 g/mol. The Bertz CT molecular complexity index is 306. The Balaban J connectivity index is 3.33. The highest BCUT2D eigenvalue weighted by atomic mass is 127. The third kappa shape index (κ3) is 2.14. The number of halogens is 5. The molecule has 0 aromatic carbocycles. The van der Waals surface area contributed by atoms with E-state index in [9.17, 15) is 8.78 Å². The van der Waals surface area contributed by atoms with Gasteiger partial charge in [0.15, 0.2) is 0 Å². The second-order valence-corrected chi connectivity index (χ2v) is 4.63. The van der Waals surface area contributed by atoms with E-state index in [1.165, 1.54) is 6.20 Å². The van der Waals surface area contributed by atoms with Crippen molar-refractivity contribution in [3.8, 4) is 0 Å². The molecule has 1 heterocycles. The quantitative estimate of drug-likeness (QED) is 0.499. The molecule has 12 heavy (non-hydrogen) atoms. The Morgan fingerprint density at radius 1 is 1.42 bits per heavy atom. The van der Waals surface area contributed by atoms with E-state index in [2.05, 4.69) is 36.8 Å². The van der Waals surface area contributed by atoms with Crippen LogP contribution in [0.5, 0.6) is 0 Å². The number of hydrogen-bond donors (Lipinski definition) is 0. The third-order valence-electron chi connectivity index (χ3n) is 1.18. The highest BCUT2D eigenvalue weighted by molar-refractivity contribution is 14.1. The average Bonchev–Trinajstić information content (AvgIpc) is 1.97. The van der Waals surface area contributed by atoms with Crippen LogP contribution >= 0.6 is 54.5 Å². The summed E-state index contributed by atoms with van der Waals surface area (Å²) in [6.07, 6.45) is -1.00. The number of aromatic nitrogens is 1. The van der Waals surface area contributed by atoms with Gasteiger partial charge in [-0.1, -0.05) is 0 Å². The molecule has 1 aromatic heterocycles. The van der Waals surface area contributed by atoms with E-state index in [0.29, 0.717) is 8.04 Å². The Kier molecular flexibility index (Phi) is 3.84. The summed E-state index contributed by atoms with van der Waals surface area (Å²) in [5, 5.41) is 0. The van der Waals surface area contributed by atoms with Crippen molar-refractivity contribution in [1.82, 2.24) is 4.98 Å². The smallest absolute Gasteiger partial charge is 0.248 e. The summed E-state index contributed by atoms with van der Waals surface area (Å²) in [4.78, 5) is 3.76. The van der Waals surface area contributed by atoms with Gasteiger partial charge in [-0.25, -0.2) is 13.8 Å². The van der Waals surface area contributed by atoms with Crippen LogP contribution in [-0.4, -0.2) is 4.98 Å². The van der Waals surface area contributed by atoms with Crippen molar-refractivity contribution in [3.63, 3.8) is 0 Å². The maximum Gasteiger partial charge on any atom is 0.267 e. The van der Waals surface area contributed by atoms with Crippen molar-refractivity contribution >= 4 is 54.5 Å². The maximum absolute atomic E-state index is 12.4. The van der Waals surface area contributed by atoms with Crippen LogP contribution in [0.1, 0.15) is 12.0 Å². The number of rotatable bonds is 1. The molecule has 6 heteroatoms. The Morgan fingerprint density at radius 2 is 2.00 bits per heavy atom. The van der Waals surface area contributed by atoms with E-state index in [1.807, 2.05) is 22.6 Å². The number of nitrogens with zero attached hydrogens (tertiary/aromatic N) is 1. The molecule has 0 saturated heterocycles. The standard InChI is InChI=1S/C6H2Br2F2IN/c7-4-2(11)1-12-5(8)3(4)6(9)10/h1,6H. The molecule has 0 aliphatic carbocycles. The van der Waals surface area contributed by atoms with Crippen LogP contribution in [0, 0.1) is 3.57 Å². The fourth-order valence-corrected chi connectivity index (χ4v) is 2.28. The minimum atomic E-state index is -2.52. The van der Waals surface area contributed by atoms with Crippen LogP contribution < -0.4 is 0 Å². The minimum Gasteiger partial charge on any atom is -0.248 e. The molecule has 0 unspecified atom stereocenters. The van der Waals surface area contributed by atoms with E-state index in [4.69, 9.17) is 0 Å². The van der Waals surface area contributed by atoms with Crippen molar-refractivity contribution in [2.24, 2.45) is 0 Å². The molecule has 0 amide bonds. The number of hydrogen-bond acceptors (Lipinski definition) is 1. The predicted molar refractivity (Wildman–Crippen MR) is 57.3 cm³/mol. The van der Waals surface area contributed by atoms with E-state index < -0.39 is 6.43 Å². The van der Waals surface area contributed by atoms with Crippen LogP contribution in [0.3, 0.4) is 0 Å². The summed E-state index contributed by atoms with van der Waals surface area (Å²) in [5.74, 6) is 0. The predicted octanol–water partition coefficient (Wildman–Crippen LogP) is 4.15. The summed E-state index contributed by atoms with van der Waals surface area (Å²) in [6.45, 7) is 0. The topological polar surface area (TPSA) is 12.9 Å². The lowest BCUT2D eigenvalue weighted by molar-refractivity contribution is 0.149. The fourth-order valence-electron chi connectivity index (χ4n) is 0.645. The first-order chi connectivity index (χ1) is 5.54. The molecule has 0 radical (unpaired) electrons. The maximum atomic E-state index is 12.4. The van der Waals surface area contributed by atoms with Crippen LogP contribution in [-0.2, 0) is 0 Å². The van der Waals surface area contributed by atoms with E-state index in [1.54, 1.807) is 0 Å². The molecule has 0 atom stereocenters. The second kappa shape index (κ2) is 4.28. The van der Waals surface area contributed by atoms with E-state index in [-0.39, 0.29) is 10.2 Å². The Morgan fingerprint density at radius 3 is 2.42 bits per heavy atom. The van der Waals surface area contributed by atoms with Crippen molar-refractivity contribution in [1.29, 1.82) is 0 Å². The zero-order valence-electron chi connectivity index (χ0n) is 5.49.